The van der Waals surface area contributed by atoms with E-state index < -0.39 is 10.0 Å². The Morgan fingerprint density at radius 2 is 2.00 bits per heavy atom. The van der Waals surface area contributed by atoms with Crippen LogP contribution in [0.15, 0.2) is 27.6 Å². The van der Waals surface area contributed by atoms with Gasteiger partial charge in [0.2, 0.25) is 10.0 Å². The summed E-state index contributed by atoms with van der Waals surface area (Å²) in [4.78, 5) is 2.49. The van der Waals surface area contributed by atoms with Crippen molar-refractivity contribution in [2.75, 3.05) is 26.7 Å². The summed E-state index contributed by atoms with van der Waals surface area (Å²) in [7, 11) is -1.47. The molecule has 0 saturated carbocycles. The molecule has 2 rings (SSSR count). The molecular formula is C14H20BrClN2O2S. The van der Waals surface area contributed by atoms with Crippen molar-refractivity contribution in [1.29, 1.82) is 0 Å². The molecular weight excluding hydrogens is 376 g/mol. The zero-order valence-electron chi connectivity index (χ0n) is 12.4. The molecule has 0 spiro atoms. The molecule has 0 unspecified atom stereocenters. The maximum absolute atomic E-state index is 12.8. The first-order chi connectivity index (χ1) is 9.68. The van der Waals surface area contributed by atoms with Gasteiger partial charge in [0.1, 0.15) is 0 Å². The smallest absolute Gasteiger partial charge is 0.244 e. The summed E-state index contributed by atoms with van der Waals surface area (Å²) in [6.45, 7) is 5.83. The molecule has 1 saturated heterocycles. The van der Waals surface area contributed by atoms with Gasteiger partial charge >= 0.3 is 0 Å². The maximum Gasteiger partial charge on any atom is 0.244 e. The molecule has 118 valence electrons. The fraction of sp³-hybridized carbons (Fsp3) is 0.571. The van der Waals surface area contributed by atoms with Gasteiger partial charge in [-0.1, -0.05) is 6.07 Å². The third kappa shape index (κ3) is 3.45. The lowest BCUT2D eigenvalue weighted by Gasteiger charge is -2.44. The highest BCUT2D eigenvalue weighted by molar-refractivity contribution is 9.10. The molecule has 0 atom stereocenters. The van der Waals surface area contributed by atoms with Crippen molar-refractivity contribution >= 4 is 37.6 Å². The molecule has 1 aromatic rings. The molecule has 1 heterocycles. The van der Waals surface area contributed by atoms with E-state index in [1.807, 2.05) is 7.05 Å². The Labute approximate surface area is 140 Å². The minimum atomic E-state index is -3.50. The van der Waals surface area contributed by atoms with Gasteiger partial charge in [0.25, 0.3) is 0 Å². The van der Waals surface area contributed by atoms with E-state index in [1.54, 1.807) is 22.5 Å². The van der Waals surface area contributed by atoms with Crippen molar-refractivity contribution < 1.29 is 8.42 Å². The predicted molar refractivity (Wildman–Crippen MR) is 89.2 cm³/mol. The number of sulfonamides is 1. The van der Waals surface area contributed by atoms with Gasteiger partial charge in [-0.05, 0) is 54.5 Å². The third-order valence-corrected chi connectivity index (χ3v) is 7.18. The normalized spacial score (nSPS) is 20.6. The average Bonchev–Trinajstić information content (AvgIpc) is 2.41. The van der Waals surface area contributed by atoms with E-state index in [4.69, 9.17) is 11.6 Å². The van der Waals surface area contributed by atoms with Crippen LogP contribution in [-0.4, -0.2) is 49.8 Å². The van der Waals surface area contributed by atoms with Crippen LogP contribution in [0.2, 0.25) is 0 Å². The van der Waals surface area contributed by atoms with Gasteiger partial charge in [0.15, 0.2) is 0 Å². The van der Waals surface area contributed by atoms with Crippen LogP contribution in [0.1, 0.15) is 19.4 Å². The number of likely N-dealkylation sites (N-methyl/N-ethyl adjacent to an activating group) is 1. The summed E-state index contributed by atoms with van der Waals surface area (Å²) >= 11 is 9.14. The van der Waals surface area contributed by atoms with Crippen molar-refractivity contribution in [3.8, 4) is 0 Å². The summed E-state index contributed by atoms with van der Waals surface area (Å²) in [6, 6.07) is 5.15. The van der Waals surface area contributed by atoms with Crippen LogP contribution < -0.4 is 0 Å². The predicted octanol–water partition coefficient (Wildman–Crippen LogP) is 2.90. The molecule has 0 aromatic heterocycles. The van der Waals surface area contributed by atoms with Crippen LogP contribution in [0, 0.1) is 0 Å². The fourth-order valence-corrected chi connectivity index (χ4v) is 5.21. The quantitative estimate of drug-likeness (QED) is 0.739. The topological polar surface area (TPSA) is 40.6 Å². The second kappa shape index (κ2) is 6.16. The first-order valence-corrected chi connectivity index (χ1v) is 9.51. The Morgan fingerprint density at radius 1 is 1.33 bits per heavy atom. The van der Waals surface area contributed by atoms with E-state index in [0.29, 0.717) is 28.3 Å². The lowest BCUT2D eigenvalue weighted by molar-refractivity contribution is 0.0801. The monoisotopic (exact) mass is 394 g/mol. The first kappa shape index (κ1) is 17.2. The summed E-state index contributed by atoms with van der Waals surface area (Å²) in [5.74, 6) is 0.362. The fourth-order valence-electron chi connectivity index (χ4n) is 2.38. The van der Waals surface area contributed by atoms with Gasteiger partial charge in [-0.15, -0.1) is 11.6 Å². The highest BCUT2D eigenvalue weighted by atomic mass is 79.9. The molecule has 21 heavy (non-hydrogen) atoms. The number of nitrogens with zero attached hydrogens (tertiary/aromatic N) is 2. The molecule has 0 amide bonds. The van der Waals surface area contributed by atoms with Crippen molar-refractivity contribution in [1.82, 2.24) is 9.21 Å². The average molecular weight is 396 g/mol. The van der Waals surface area contributed by atoms with Crippen molar-refractivity contribution in [3.05, 3.63) is 28.2 Å². The number of halogens is 2. The molecule has 1 aliphatic rings. The third-order valence-electron chi connectivity index (χ3n) is 4.05. The van der Waals surface area contributed by atoms with Gasteiger partial charge in [0.05, 0.1) is 4.90 Å². The van der Waals surface area contributed by atoms with Crippen molar-refractivity contribution in [2.45, 2.75) is 30.2 Å². The van der Waals surface area contributed by atoms with Crippen LogP contribution in [0.4, 0.5) is 0 Å². The molecule has 1 aliphatic heterocycles. The molecule has 0 radical (unpaired) electrons. The number of benzene rings is 1. The van der Waals surface area contributed by atoms with E-state index in [2.05, 4.69) is 34.7 Å². The van der Waals surface area contributed by atoms with Crippen molar-refractivity contribution in [3.63, 3.8) is 0 Å². The lowest BCUT2D eigenvalue weighted by atomic mass is 10.0. The van der Waals surface area contributed by atoms with Crippen LogP contribution in [-0.2, 0) is 15.9 Å². The highest BCUT2D eigenvalue weighted by Crippen LogP contribution is 2.30. The van der Waals surface area contributed by atoms with Crippen LogP contribution >= 0.6 is 27.5 Å². The number of piperazine rings is 1. The Balaban J connectivity index is 2.35. The van der Waals surface area contributed by atoms with E-state index >= 15 is 0 Å². The first-order valence-electron chi connectivity index (χ1n) is 6.74. The molecule has 1 fully saturated rings. The zero-order chi connectivity index (χ0) is 15.8. The second-order valence-electron chi connectivity index (χ2n) is 5.97. The van der Waals surface area contributed by atoms with Crippen LogP contribution in [0.3, 0.4) is 0 Å². The largest absolute Gasteiger partial charge is 0.299 e. The Kier molecular flexibility index (Phi) is 5.05. The van der Waals surface area contributed by atoms with Crippen molar-refractivity contribution in [2.24, 2.45) is 0 Å². The number of hydrogen-bond acceptors (Lipinski definition) is 3. The van der Waals surface area contributed by atoms with Gasteiger partial charge in [0, 0.05) is 35.5 Å². The molecule has 0 N–H and O–H groups in total. The Hall–Kier alpha value is -0.140. The second-order valence-corrected chi connectivity index (χ2v) is 9.00. The molecule has 0 bridgehead atoms. The van der Waals surface area contributed by atoms with Crippen LogP contribution in [0.5, 0.6) is 0 Å². The van der Waals surface area contributed by atoms with E-state index in [-0.39, 0.29) is 5.54 Å². The highest BCUT2D eigenvalue weighted by Gasteiger charge is 2.37. The number of hydrogen-bond donors (Lipinski definition) is 0. The standard InChI is InChI=1S/C14H20BrClN2O2S/c1-14(2)10-18(7-6-17(14)3)21(19,20)13-5-4-11(9-16)8-12(13)15/h4-5,8H,6-7,9-10H2,1-3H3. The molecule has 7 heteroatoms. The SMILES string of the molecule is CN1CCN(S(=O)(=O)c2ccc(CCl)cc2Br)CC1(C)C. The minimum Gasteiger partial charge on any atom is -0.299 e. The minimum absolute atomic E-state index is 0.173. The number of alkyl halides is 1. The van der Waals surface area contributed by atoms with E-state index in [1.165, 1.54) is 0 Å². The summed E-state index contributed by atoms with van der Waals surface area (Å²) < 4.78 is 27.8. The zero-order valence-corrected chi connectivity index (χ0v) is 15.6. The molecule has 0 aliphatic carbocycles. The van der Waals surface area contributed by atoms with Gasteiger partial charge in [-0.3, -0.25) is 4.90 Å². The van der Waals surface area contributed by atoms with Gasteiger partial charge in [-0.2, -0.15) is 4.31 Å². The summed E-state index contributed by atoms with van der Waals surface area (Å²) in [5.41, 5.74) is 0.717. The Bertz CT molecular complexity index is 634. The van der Waals surface area contributed by atoms with Gasteiger partial charge < -0.3 is 0 Å². The Morgan fingerprint density at radius 3 is 2.52 bits per heavy atom. The van der Waals surface area contributed by atoms with Crippen LogP contribution in [0.25, 0.3) is 0 Å². The van der Waals surface area contributed by atoms with E-state index in [0.717, 1.165) is 12.1 Å². The summed E-state index contributed by atoms with van der Waals surface area (Å²) in [5, 5.41) is 0. The van der Waals surface area contributed by atoms with E-state index in [9.17, 15) is 8.42 Å². The molecule has 4 nitrogen and oxygen atoms in total. The molecule has 1 aromatic carbocycles. The lowest BCUT2D eigenvalue weighted by Crippen LogP contribution is -2.58. The summed E-state index contributed by atoms with van der Waals surface area (Å²) in [6.07, 6.45) is 0. The maximum atomic E-state index is 12.8. The van der Waals surface area contributed by atoms with Gasteiger partial charge in [-0.25, -0.2) is 8.42 Å². The number of rotatable bonds is 3.